The molecule has 0 atom stereocenters. The summed E-state index contributed by atoms with van der Waals surface area (Å²) in [7, 11) is 0. The molecule has 0 aliphatic heterocycles. The SMILES string of the molecule is CC(C)C(=O)Nc1cccc(Br)c1. The van der Waals surface area contributed by atoms with E-state index in [-0.39, 0.29) is 11.8 Å². The Morgan fingerprint density at radius 3 is 2.69 bits per heavy atom. The van der Waals surface area contributed by atoms with Gasteiger partial charge in [0.25, 0.3) is 0 Å². The first-order valence-corrected chi connectivity index (χ1v) is 4.95. The molecular formula is C10H12BrNO. The van der Waals surface area contributed by atoms with Gasteiger partial charge in [0.1, 0.15) is 0 Å². The van der Waals surface area contributed by atoms with Crippen molar-refractivity contribution in [3.05, 3.63) is 28.7 Å². The zero-order valence-electron chi connectivity index (χ0n) is 7.67. The van der Waals surface area contributed by atoms with Gasteiger partial charge in [0.2, 0.25) is 5.91 Å². The normalized spacial score (nSPS) is 10.2. The van der Waals surface area contributed by atoms with Crippen molar-refractivity contribution in [3.8, 4) is 0 Å². The van der Waals surface area contributed by atoms with Crippen LogP contribution in [0.3, 0.4) is 0 Å². The predicted molar refractivity (Wildman–Crippen MR) is 57.6 cm³/mol. The standard InChI is InChI=1S/C10H12BrNO/c1-7(2)10(13)12-9-5-3-4-8(11)6-9/h3-7H,1-2H3,(H,12,13). The van der Waals surface area contributed by atoms with Crippen LogP contribution in [-0.4, -0.2) is 5.91 Å². The maximum absolute atomic E-state index is 11.3. The number of hydrogen-bond acceptors (Lipinski definition) is 1. The molecule has 0 aliphatic carbocycles. The molecule has 0 aliphatic rings. The average molecular weight is 242 g/mol. The molecular weight excluding hydrogens is 230 g/mol. The molecule has 0 bridgehead atoms. The van der Waals surface area contributed by atoms with Gasteiger partial charge >= 0.3 is 0 Å². The second-order valence-corrected chi connectivity index (χ2v) is 4.07. The van der Waals surface area contributed by atoms with Crippen molar-refractivity contribution in [2.75, 3.05) is 5.32 Å². The van der Waals surface area contributed by atoms with Crippen molar-refractivity contribution in [1.29, 1.82) is 0 Å². The average Bonchev–Trinajstić information content (AvgIpc) is 2.04. The number of benzene rings is 1. The number of halogens is 1. The third kappa shape index (κ3) is 3.19. The van der Waals surface area contributed by atoms with Crippen LogP contribution in [0.25, 0.3) is 0 Å². The van der Waals surface area contributed by atoms with Crippen LogP contribution in [0.4, 0.5) is 5.69 Å². The van der Waals surface area contributed by atoms with E-state index in [1.807, 2.05) is 38.1 Å². The Labute approximate surface area is 86.5 Å². The summed E-state index contributed by atoms with van der Waals surface area (Å²) in [6.45, 7) is 3.74. The van der Waals surface area contributed by atoms with Crippen molar-refractivity contribution in [1.82, 2.24) is 0 Å². The van der Waals surface area contributed by atoms with E-state index >= 15 is 0 Å². The lowest BCUT2D eigenvalue weighted by Gasteiger charge is -2.07. The first kappa shape index (κ1) is 10.3. The van der Waals surface area contributed by atoms with E-state index < -0.39 is 0 Å². The lowest BCUT2D eigenvalue weighted by Crippen LogP contribution is -2.17. The van der Waals surface area contributed by atoms with Crippen molar-refractivity contribution in [2.24, 2.45) is 5.92 Å². The Morgan fingerprint density at radius 1 is 1.46 bits per heavy atom. The number of carbonyl (C=O) groups excluding carboxylic acids is 1. The summed E-state index contributed by atoms with van der Waals surface area (Å²) < 4.78 is 0.967. The molecule has 1 aromatic rings. The van der Waals surface area contributed by atoms with Gasteiger partial charge in [0.15, 0.2) is 0 Å². The van der Waals surface area contributed by atoms with Gasteiger partial charge in [-0.1, -0.05) is 35.8 Å². The number of hydrogen-bond donors (Lipinski definition) is 1. The second-order valence-electron chi connectivity index (χ2n) is 3.15. The minimum absolute atomic E-state index is 0.0129. The van der Waals surface area contributed by atoms with Crippen LogP contribution in [0.15, 0.2) is 28.7 Å². The molecule has 3 heteroatoms. The van der Waals surface area contributed by atoms with Crippen molar-refractivity contribution in [2.45, 2.75) is 13.8 Å². The van der Waals surface area contributed by atoms with E-state index in [0.717, 1.165) is 10.2 Å². The fraction of sp³-hybridized carbons (Fsp3) is 0.300. The minimum Gasteiger partial charge on any atom is -0.326 e. The van der Waals surface area contributed by atoms with Crippen LogP contribution in [0.1, 0.15) is 13.8 Å². The van der Waals surface area contributed by atoms with Crippen molar-refractivity contribution < 1.29 is 4.79 Å². The Morgan fingerprint density at radius 2 is 2.15 bits per heavy atom. The highest BCUT2D eigenvalue weighted by Crippen LogP contribution is 2.16. The van der Waals surface area contributed by atoms with Gasteiger partial charge in [-0.3, -0.25) is 4.79 Å². The Bertz CT molecular complexity index is 310. The molecule has 1 rings (SSSR count). The van der Waals surface area contributed by atoms with Crippen LogP contribution < -0.4 is 5.32 Å². The number of amides is 1. The van der Waals surface area contributed by atoms with Gasteiger partial charge in [-0.05, 0) is 18.2 Å². The highest BCUT2D eigenvalue weighted by Gasteiger charge is 2.06. The number of rotatable bonds is 2. The van der Waals surface area contributed by atoms with E-state index in [9.17, 15) is 4.79 Å². The molecule has 1 amide bonds. The first-order chi connectivity index (χ1) is 6.09. The van der Waals surface area contributed by atoms with Crippen LogP contribution in [0.2, 0.25) is 0 Å². The summed E-state index contributed by atoms with van der Waals surface area (Å²) in [4.78, 5) is 11.3. The molecule has 13 heavy (non-hydrogen) atoms. The van der Waals surface area contributed by atoms with Crippen LogP contribution in [-0.2, 0) is 4.79 Å². The predicted octanol–water partition coefficient (Wildman–Crippen LogP) is 3.04. The third-order valence-corrected chi connectivity index (χ3v) is 2.11. The fourth-order valence-electron chi connectivity index (χ4n) is 0.853. The van der Waals surface area contributed by atoms with Crippen molar-refractivity contribution >= 4 is 27.5 Å². The van der Waals surface area contributed by atoms with E-state index in [0.29, 0.717) is 0 Å². The monoisotopic (exact) mass is 241 g/mol. The van der Waals surface area contributed by atoms with E-state index in [2.05, 4.69) is 21.2 Å². The van der Waals surface area contributed by atoms with Crippen LogP contribution in [0, 0.1) is 5.92 Å². The quantitative estimate of drug-likeness (QED) is 0.848. The molecule has 0 radical (unpaired) electrons. The Hall–Kier alpha value is -0.830. The third-order valence-electron chi connectivity index (χ3n) is 1.62. The molecule has 0 saturated heterocycles. The molecule has 0 fully saturated rings. The summed E-state index contributed by atoms with van der Waals surface area (Å²) in [5, 5.41) is 2.81. The van der Waals surface area contributed by atoms with E-state index in [1.165, 1.54) is 0 Å². The highest BCUT2D eigenvalue weighted by molar-refractivity contribution is 9.10. The maximum Gasteiger partial charge on any atom is 0.226 e. The van der Waals surface area contributed by atoms with Gasteiger partial charge in [0.05, 0.1) is 0 Å². The maximum atomic E-state index is 11.3. The molecule has 70 valence electrons. The molecule has 1 aromatic carbocycles. The van der Waals surface area contributed by atoms with Crippen LogP contribution >= 0.6 is 15.9 Å². The summed E-state index contributed by atoms with van der Waals surface area (Å²) in [6.07, 6.45) is 0. The summed E-state index contributed by atoms with van der Waals surface area (Å²) in [5.41, 5.74) is 0.827. The zero-order chi connectivity index (χ0) is 9.84. The van der Waals surface area contributed by atoms with Gasteiger partial charge in [-0.2, -0.15) is 0 Å². The molecule has 1 N–H and O–H groups in total. The molecule has 2 nitrogen and oxygen atoms in total. The summed E-state index contributed by atoms with van der Waals surface area (Å²) >= 11 is 3.34. The molecule has 0 heterocycles. The van der Waals surface area contributed by atoms with E-state index in [4.69, 9.17) is 0 Å². The lowest BCUT2D eigenvalue weighted by atomic mass is 10.2. The molecule has 0 aromatic heterocycles. The van der Waals surface area contributed by atoms with Crippen molar-refractivity contribution in [3.63, 3.8) is 0 Å². The fourth-order valence-corrected chi connectivity index (χ4v) is 1.25. The number of nitrogens with one attached hydrogen (secondary N) is 1. The molecule has 0 saturated carbocycles. The van der Waals surface area contributed by atoms with Gasteiger partial charge < -0.3 is 5.32 Å². The van der Waals surface area contributed by atoms with Crippen LogP contribution in [0.5, 0.6) is 0 Å². The molecule has 0 spiro atoms. The Balaban J connectivity index is 2.69. The largest absolute Gasteiger partial charge is 0.326 e. The number of anilines is 1. The van der Waals surface area contributed by atoms with Gasteiger partial charge in [0, 0.05) is 16.1 Å². The lowest BCUT2D eigenvalue weighted by molar-refractivity contribution is -0.118. The highest BCUT2D eigenvalue weighted by atomic mass is 79.9. The number of carbonyl (C=O) groups is 1. The first-order valence-electron chi connectivity index (χ1n) is 4.16. The summed E-state index contributed by atoms with van der Waals surface area (Å²) in [5.74, 6) is 0.0529. The molecule has 0 unspecified atom stereocenters. The summed E-state index contributed by atoms with van der Waals surface area (Å²) in [6, 6.07) is 7.55. The minimum atomic E-state index is 0.0129. The second kappa shape index (κ2) is 4.42. The van der Waals surface area contributed by atoms with Gasteiger partial charge in [-0.25, -0.2) is 0 Å². The Kier molecular flexibility index (Phi) is 3.48. The smallest absolute Gasteiger partial charge is 0.226 e. The van der Waals surface area contributed by atoms with Gasteiger partial charge in [-0.15, -0.1) is 0 Å². The zero-order valence-corrected chi connectivity index (χ0v) is 9.26. The van der Waals surface area contributed by atoms with E-state index in [1.54, 1.807) is 0 Å². The topological polar surface area (TPSA) is 29.1 Å².